The number of hydrogen-bond donors (Lipinski definition) is 2. The molecule has 2 N–H and O–H groups in total. The molecular formula is C13H17NO4S2. The lowest BCUT2D eigenvalue weighted by Gasteiger charge is -2.10. The summed E-state index contributed by atoms with van der Waals surface area (Å²) in [4.78, 5) is 0.126. The van der Waals surface area contributed by atoms with Crippen LogP contribution in [-0.4, -0.2) is 42.4 Å². The van der Waals surface area contributed by atoms with Gasteiger partial charge in [0.2, 0.25) is 10.0 Å². The van der Waals surface area contributed by atoms with Crippen LogP contribution in [0, 0.1) is 11.8 Å². The van der Waals surface area contributed by atoms with Crippen LogP contribution in [-0.2, 0) is 20.8 Å². The van der Waals surface area contributed by atoms with Crippen molar-refractivity contribution >= 4 is 20.8 Å². The van der Waals surface area contributed by atoms with Crippen LogP contribution < -0.4 is 4.72 Å². The van der Waals surface area contributed by atoms with Crippen molar-refractivity contribution in [1.29, 1.82) is 0 Å². The van der Waals surface area contributed by atoms with Crippen LogP contribution in [0.3, 0.4) is 0 Å². The van der Waals surface area contributed by atoms with Gasteiger partial charge in [-0.15, -0.1) is 0 Å². The molecule has 1 aromatic carbocycles. The zero-order valence-corrected chi connectivity index (χ0v) is 12.9. The predicted octanol–water partition coefficient (Wildman–Crippen LogP) is 0.0757. The number of sulfonamides is 1. The smallest absolute Gasteiger partial charge is 0.240 e. The lowest BCUT2D eigenvalue weighted by atomic mass is 10.2. The third-order valence-electron chi connectivity index (χ3n) is 2.60. The van der Waals surface area contributed by atoms with Crippen LogP contribution in [0.5, 0.6) is 0 Å². The Balaban J connectivity index is 2.80. The van der Waals surface area contributed by atoms with Crippen molar-refractivity contribution in [1.82, 2.24) is 4.72 Å². The van der Waals surface area contributed by atoms with Crippen LogP contribution in [0.1, 0.15) is 12.5 Å². The zero-order valence-electron chi connectivity index (χ0n) is 11.3. The van der Waals surface area contributed by atoms with E-state index >= 15 is 0 Å². The summed E-state index contributed by atoms with van der Waals surface area (Å²) < 4.78 is 37.6. The van der Waals surface area contributed by atoms with E-state index in [1.807, 2.05) is 0 Å². The summed E-state index contributed by atoms with van der Waals surface area (Å²) in [5.41, 5.74) is 0.626. The second-order valence-electron chi connectivity index (χ2n) is 4.15. The van der Waals surface area contributed by atoms with Gasteiger partial charge in [0.15, 0.2) is 0 Å². The molecule has 1 aromatic rings. The number of nitrogens with one attached hydrogen (secondary N) is 1. The summed E-state index contributed by atoms with van der Waals surface area (Å²) in [6, 6.07) is 6.02. The minimum Gasteiger partial charge on any atom is -0.384 e. The van der Waals surface area contributed by atoms with Crippen LogP contribution in [0.2, 0.25) is 0 Å². The normalized spacial score (nSPS) is 14.2. The molecule has 0 aliphatic heterocycles. The van der Waals surface area contributed by atoms with E-state index in [4.69, 9.17) is 5.11 Å². The molecule has 2 atom stereocenters. The topological polar surface area (TPSA) is 83.5 Å². The molecule has 1 rings (SSSR count). The maximum atomic E-state index is 12.0. The summed E-state index contributed by atoms with van der Waals surface area (Å²) in [7, 11) is -4.69. The highest BCUT2D eigenvalue weighted by Gasteiger charge is 2.16. The Morgan fingerprint density at radius 3 is 2.45 bits per heavy atom. The third kappa shape index (κ3) is 5.06. The molecule has 0 spiro atoms. The molecule has 0 radical (unpaired) electrons. The van der Waals surface area contributed by atoms with E-state index < -0.39 is 20.8 Å². The van der Waals surface area contributed by atoms with Gasteiger partial charge in [0.25, 0.3) is 0 Å². The molecule has 0 aromatic heterocycles. The Kier molecular flexibility index (Phi) is 6.36. The van der Waals surface area contributed by atoms with Crippen molar-refractivity contribution in [2.45, 2.75) is 17.1 Å². The molecule has 2 unspecified atom stereocenters. The van der Waals surface area contributed by atoms with Crippen LogP contribution in [0.15, 0.2) is 29.2 Å². The average molecular weight is 315 g/mol. The predicted molar refractivity (Wildman–Crippen MR) is 79.1 cm³/mol. The SMILES string of the molecule is CC(CNS(=O)(=O)c1ccc(C#CCO)cc1)S(C)=O. The maximum absolute atomic E-state index is 12.0. The van der Waals surface area contributed by atoms with E-state index in [0.717, 1.165) is 0 Å². The number of hydrogen-bond acceptors (Lipinski definition) is 4. The van der Waals surface area contributed by atoms with Gasteiger partial charge in [-0.25, -0.2) is 13.1 Å². The lowest BCUT2D eigenvalue weighted by Crippen LogP contribution is -2.32. The highest BCUT2D eigenvalue weighted by Crippen LogP contribution is 2.10. The Bertz CT molecular complexity index is 627. The molecule has 5 nitrogen and oxygen atoms in total. The third-order valence-corrected chi connectivity index (χ3v) is 5.34. The highest BCUT2D eigenvalue weighted by molar-refractivity contribution is 7.89. The fourth-order valence-electron chi connectivity index (χ4n) is 1.29. The van der Waals surface area contributed by atoms with Crippen molar-refractivity contribution in [2.24, 2.45) is 0 Å². The molecule has 0 aliphatic rings. The summed E-state index contributed by atoms with van der Waals surface area (Å²) in [6.45, 7) is 1.59. The molecule has 20 heavy (non-hydrogen) atoms. The molecule has 0 heterocycles. The van der Waals surface area contributed by atoms with E-state index in [9.17, 15) is 12.6 Å². The first-order chi connectivity index (χ1) is 9.36. The molecule has 0 bridgehead atoms. The summed E-state index contributed by atoms with van der Waals surface area (Å²) in [5.74, 6) is 5.16. The van der Waals surface area contributed by atoms with Gasteiger partial charge in [-0.05, 0) is 31.2 Å². The first kappa shape index (κ1) is 16.9. The van der Waals surface area contributed by atoms with Crippen LogP contribution in [0.25, 0.3) is 0 Å². The van der Waals surface area contributed by atoms with Gasteiger partial charge in [-0.3, -0.25) is 4.21 Å². The lowest BCUT2D eigenvalue weighted by molar-refractivity contribution is 0.350. The van der Waals surface area contributed by atoms with Crippen LogP contribution >= 0.6 is 0 Å². The Morgan fingerprint density at radius 2 is 1.95 bits per heavy atom. The molecule has 0 fully saturated rings. The molecule has 110 valence electrons. The maximum Gasteiger partial charge on any atom is 0.240 e. The first-order valence-electron chi connectivity index (χ1n) is 5.88. The average Bonchev–Trinajstić information content (AvgIpc) is 2.43. The van der Waals surface area contributed by atoms with Crippen molar-refractivity contribution in [3.05, 3.63) is 29.8 Å². The minimum absolute atomic E-state index is 0.123. The fraction of sp³-hybridized carbons (Fsp3) is 0.385. The van der Waals surface area contributed by atoms with Gasteiger partial charge in [0, 0.05) is 34.4 Å². The van der Waals surface area contributed by atoms with E-state index in [-0.39, 0.29) is 23.3 Å². The highest BCUT2D eigenvalue weighted by atomic mass is 32.2. The van der Waals surface area contributed by atoms with Gasteiger partial charge in [0.1, 0.15) is 6.61 Å². The standard InChI is InChI=1S/C13H17NO4S2/c1-11(19(2)16)10-14-20(17,18)13-7-5-12(6-8-13)4-3-9-15/h5-8,11,14-15H,9-10H2,1-2H3. The quantitative estimate of drug-likeness (QED) is 0.754. The van der Waals surface area contributed by atoms with Gasteiger partial charge in [-0.2, -0.15) is 0 Å². The summed E-state index contributed by atoms with van der Waals surface area (Å²) >= 11 is 0. The summed E-state index contributed by atoms with van der Waals surface area (Å²) in [5, 5.41) is 8.32. The first-order valence-corrected chi connectivity index (χ1v) is 8.99. The van der Waals surface area contributed by atoms with Crippen LogP contribution in [0.4, 0.5) is 0 Å². The minimum atomic E-state index is -3.61. The van der Waals surface area contributed by atoms with Gasteiger partial charge < -0.3 is 5.11 Å². The zero-order chi connectivity index (χ0) is 15.2. The number of aliphatic hydroxyl groups excluding tert-OH is 1. The molecular weight excluding hydrogens is 298 g/mol. The Labute approximate surface area is 121 Å². The molecule has 0 aliphatic carbocycles. The van der Waals surface area contributed by atoms with Crippen molar-refractivity contribution < 1.29 is 17.7 Å². The van der Waals surface area contributed by atoms with Gasteiger partial charge in [-0.1, -0.05) is 11.8 Å². The monoisotopic (exact) mass is 315 g/mol. The second-order valence-corrected chi connectivity index (χ2v) is 7.71. The number of benzene rings is 1. The van der Waals surface area contributed by atoms with Gasteiger partial charge in [0.05, 0.1) is 4.90 Å². The van der Waals surface area contributed by atoms with Crippen molar-refractivity contribution in [2.75, 3.05) is 19.4 Å². The molecule has 7 heteroatoms. The van der Waals surface area contributed by atoms with Gasteiger partial charge >= 0.3 is 0 Å². The number of aliphatic hydroxyl groups is 1. The largest absolute Gasteiger partial charge is 0.384 e. The van der Waals surface area contributed by atoms with Crippen molar-refractivity contribution in [3.8, 4) is 11.8 Å². The van der Waals surface area contributed by atoms with E-state index in [1.165, 1.54) is 18.4 Å². The van der Waals surface area contributed by atoms with E-state index in [2.05, 4.69) is 16.6 Å². The Morgan fingerprint density at radius 1 is 1.35 bits per heavy atom. The number of rotatable bonds is 5. The Hall–Kier alpha value is -1.20. The molecule has 0 amide bonds. The van der Waals surface area contributed by atoms with E-state index in [1.54, 1.807) is 19.1 Å². The second kappa shape index (κ2) is 7.55. The fourth-order valence-corrected chi connectivity index (χ4v) is 2.84. The molecule has 0 saturated heterocycles. The molecule has 0 saturated carbocycles. The summed E-state index contributed by atoms with van der Waals surface area (Å²) in [6.07, 6.45) is 1.54. The van der Waals surface area contributed by atoms with Crippen molar-refractivity contribution in [3.63, 3.8) is 0 Å². The van der Waals surface area contributed by atoms with E-state index in [0.29, 0.717) is 5.56 Å².